The second kappa shape index (κ2) is 6.33. The van der Waals surface area contributed by atoms with Crippen molar-refractivity contribution in [2.45, 2.75) is 12.8 Å². The zero-order valence-electron chi connectivity index (χ0n) is 11.0. The molecule has 1 heterocycles. The third kappa shape index (κ3) is 3.45. The van der Waals surface area contributed by atoms with Gasteiger partial charge in [-0.15, -0.1) is 0 Å². The second-order valence-corrected chi connectivity index (χ2v) is 4.82. The number of nitro groups is 1. The average Bonchev–Trinajstić information content (AvgIpc) is 2.46. The van der Waals surface area contributed by atoms with Crippen LogP contribution < -0.4 is 11.1 Å². The molecule has 0 bridgehead atoms. The van der Waals surface area contributed by atoms with E-state index in [9.17, 15) is 14.9 Å². The molecular formula is C13H17N3O4. The van der Waals surface area contributed by atoms with Crippen LogP contribution in [0.4, 0.5) is 11.4 Å². The summed E-state index contributed by atoms with van der Waals surface area (Å²) in [7, 11) is 0. The van der Waals surface area contributed by atoms with Gasteiger partial charge in [-0.05, 0) is 24.8 Å². The van der Waals surface area contributed by atoms with Crippen molar-refractivity contribution in [2.75, 3.05) is 25.5 Å². The molecule has 1 amide bonds. The number of carbonyl (C=O) groups is 1. The van der Waals surface area contributed by atoms with E-state index in [4.69, 9.17) is 10.5 Å². The molecule has 1 saturated heterocycles. The number of nitrogens with zero attached hydrogens (tertiary/aromatic N) is 1. The van der Waals surface area contributed by atoms with Gasteiger partial charge in [0.15, 0.2) is 0 Å². The first-order valence-corrected chi connectivity index (χ1v) is 6.48. The molecule has 0 aliphatic carbocycles. The van der Waals surface area contributed by atoms with Gasteiger partial charge in [0.2, 0.25) is 0 Å². The van der Waals surface area contributed by atoms with Gasteiger partial charge in [0.25, 0.3) is 11.6 Å². The third-order valence-corrected chi connectivity index (χ3v) is 3.30. The van der Waals surface area contributed by atoms with Gasteiger partial charge in [-0.25, -0.2) is 0 Å². The van der Waals surface area contributed by atoms with E-state index in [1.807, 2.05) is 0 Å². The highest BCUT2D eigenvalue weighted by atomic mass is 16.6. The number of nitro benzene ring substituents is 1. The molecule has 1 atom stereocenters. The monoisotopic (exact) mass is 279 g/mol. The van der Waals surface area contributed by atoms with Crippen LogP contribution in [0.2, 0.25) is 0 Å². The van der Waals surface area contributed by atoms with Crippen LogP contribution in [0, 0.1) is 16.0 Å². The minimum absolute atomic E-state index is 0.135. The number of nitrogens with two attached hydrogens (primary N) is 1. The van der Waals surface area contributed by atoms with Crippen molar-refractivity contribution in [2.24, 2.45) is 5.92 Å². The second-order valence-electron chi connectivity index (χ2n) is 4.82. The smallest absolute Gasteiger partial charge is 0.270 e. The van der Waals surface area contributed by atoms with Crippen molar-refractivity contribution in [3.8, 4) is 0 Å². The summed E-state index contributed by atoms with van der Waals surface area (Å²) in [6.07, 6.45) is 1.99. The zero-order valence-corrected chi connectivity index (χ0v) is 11.0. The van der Waals surface area contributed by atoms with Crippen LogP contribution in [0.5, 0.6) is 0 Å². The lowest BCUT2D eigenvalue weighted by Gasteiger charge is -2.22. The quantitative estimate of drug-likeness (QED) is 0.491. The number of ether oxygens (including phenoxy) is 1. The van der Waals surface area contributed by atoms with Crippen LogP contribution in [0.25, 0.3) is 0 Å². The molecule has 2 rings (SSSR count). The van der Waals surface area contributed by atoms with E-state index in [1.54, 1.807) is 0 Å². The molecule has 1 aliphatic heterocycles. The van der Waals surface area contributed by atoms with Crippen molar-refractivity contribution in [3.63, 3.8) is 0 Å². The number of hydrogen-bond donors (Lipinski definition) is 2. The maximum atomic E-state index is 12.0. The van der Waals surface area contributed by atoms with Gasteiger partial charge in [0.1, 0.15) is 0 Å². The normalized spacial score (nSPS) is 18.5. The molecule has 108 valence electrons. The first-order valence-electron chi connectivity index (χ1n) is 6.48. The van der Waals surface area contributed by atoms with Gasteiger partial charge in [-0.3, -0.25) is 14.9 Å². The maximum absolute atomic E-state index is 12.0. The number of nitrogen functional groups attached to an aromatic ring is 1. The molecule has 1 unspecified atom stereocenters. The molecule has 1 aromatic carbocycles. The fourth-order valence-corrected chi connectivity index (χ4v) is 2.16. The lowest BCUT2D eigenvalue weighted by molar-refractivity contribution is -0.384. The van der Waals surface area contributed by atoms with E-state index >= 15 is 0 Å². The first-order chi connectivity index (χ1) is 9.58. The summed E-state index contributed by atoms with van der Waals surface area (Å²) in [6, 6.07) is 3.85. The highest BCUT2D eigenvalue weighted by molar-refractivity contribution is 5.99. The number of carbonyl (C=O) groups excluding carboxylic acids is 1. The van der Waals surface area contributed by atoms with Crippen LogP contribution in [0.15, 0.2) is 18.2 Å². The Morgan fingerprint density at radius 2 is 2.35 bits per heavy atom. The van der Waals surface area contributed by atoms with Crippen LogP contribution in [0.3, 0.4) is 0 Å². The van der Waals surface area contributed by atoms with Crippen molar-refractivity contribution in [1.82, 2.24) is 5.32 Å². The summed E-state index contributed by atoms with van der Waals surface area (Å²) < 4.78 is 5.33. The molecule has 20 heavy (non-hydrogen) atoms. The van der Waals surface area contributed by atoms with Crippen molar-refractivity contribution in [1.29, 1.82) is 0 Å². The van der Waals surface area contributed by atoms with Gasteiger partial charge in [0.05, 0.1) is 17.1 Å². The van der Waals surface area contributed by atoms with Gasteiger partial charge >= 0.3 is 0 Å². The van der Waals surface area contributed by atoms with Gasteiger partial charge in [0, 0.05) is 31.0 Å². The number of rotatable bonds is 4. The SMILES string of the molecule is Nc1ccc([N+](=O)[O-])cc1C(=O)NCC1CCCOC1. The van der Waals surface area contributed by atoms with Gasteiger partial charge < -0.3 is 15.8 Å². The number of nitrogens with one attached hydrogen (secondary N) is 1. The standard InChI is InChI=1S/C13H17N3O4/c14-12-4-3-10(16(18)19)6-11(12)13(17)15-7-9-2-1-5-20-8-9/h3-4,6,9H,1-2,5,7-8,14H2,(H,15,17). The molecule has 0 aromatic heterocycles. The molecule has 7 nitrogen and oxygen atoms in total. The van der Waals surface area contributed by atoms with Crippen LogP contribution in [-0.2, 0) is 4.74 Å². The highest BCUT2D eigenvalue weighted by Gasteiger charge is 2.18. The van der Waals surface area contributed by atoms with E-state index in [1.165, 1.54) is 18.2 Å². The number of non-ortho nitro benzene ring substituents is 1. The molecule has 1 aliphatic rings. The number of amides is 1. The molecule has 0 radical (unpaired) electrons. The Morgan fingerprint density at radius 1 is 1.55 bits per heavy atom. The van der Waals surface area contributed by atoms with Gasteiger partial charge in [-0.2, -0.15) is 0 Å². The Kier molecular flexibility index (Phi) is 4.52. The summed E-state index contributed by atoms with van der Waals surface area (Å²) in [5.74, 6) is -0.107. The Labute approximate surface area is 116 Å². The first kappa shape index (κ1) is 14.3. The Hall–Kier alpha value is -2.15. The van der Waals surface area contributed by atoms with E-state index in [-0.39, 0.29) is 22.9 Å². The Balaban J connectivity index is 2.00. The third-order valence-electron chi connectivity index (χ3n) is 3.30. The summed E-state index contributed by atoms with van der Waals surface area (Å²) >= 11 is 0. The molecular weight excluding hydrogens is 262 g/mol. The summed E-state index contributed by atoms with van der Waals surface area (Å²) in [5.41, 5.74) is 5.91. The predicted octanol–water partition coefficient (Wildman–Crippen LogP) is 1.33. The van der Waals surface area contributed by atoms with Crippen molar-refractivity contribution >= 4 is 17.3 Å². The van der Waals surface area contributed by atoms with E-state index in [0.29, 0.717) is 13.2 Å². The Bertz CT molecular complexity index is 512. The number of benzene rings is 1. The largest absolute Gasteiger partial charge is 0.398 e. The van der Waals surface area contributed by atoms with Crippen LogP contribution in [0.1, 0.15) is 23.2 Å². The van der Waals surface area contributed by atoms with E-state index in [2.05, 4.69) is 5.32 Å². The lowest BCUT2D eigenvalue weighted by atomic mass is 10.0. The molecule has 0 spiro atoms. The molecule has 3 N–H and O–H groups in total. The summed E-state index contributed by atoms with van der Waals surface area (Å²) in [6.45, 7) is 1.88. The lowest BCUT2D eigenvalue weighted by Crippen LogP contribution is -2.33. The molecule has 0 saturated carbocycles. The molecule has 7 heteroatoms. The number of hydrogen-bond acceptors (Lipinski definition) is 5. The minimum Gasteiger partial charge on any atom is -0.398 e. The van der Waals surface area contributed by atoms with Crippen molar-refractivity contribution < 1.29 is 14.5 Å². The average molecular weight is 279 g/mol. The summed E-state index contributed by atoms with van der Waals surface area (Å²) in [4.78, 5) is 22.2. The van der Waals surface area contributed by atoms with E-state index < -0.39 is 10.8 Å². The van der Waals surface area contributed by atoms with Crippen molar-refractivity contribution in [3.05, 3.63) is 33.9 Å². The fraction of sp³-hybridized carbons (Fsp3) is 0.462. The Morgan fingerprint density at radius 3 is 3.00 bits per heavy atom. The van der Waals surface area contributed by atoms with E-state index in [0.717, 1.165) is 19.4 Å². The summed E-state index contributed by atoms with van der Waals surface area (Å²) in [5, 5.41) is 13.5. The highest BCUT2D eigenvalue weighted by Crippen LogP contribution is 2.20. The number of anilines is 1. The zero-order chi connectivity index (χ0) is 14.5. The maximum Gasteiger partial charge on any atom is 0.270 e. The molecule has 1 aromatic rings. The minimum atomic E-state index is -0.550. The topological polar surface area (TPSA) is 107 Å². The van der Waals surface area contributed by atoms with Crippen LogP contribution >= 0.6 is 0 Å². The van der Waals surface area contributed by atoms with Gasteiger partial charge in [-0.1, -0.05) is 0 Å². The van der Waals surface area contributed by atoms with Crippen LogP contribution in [-0.4, -0.2) is 30.6 Å². The fourth-order valence-electron chi connectivity index (χ4n) is 2.16. The predicted molar refractivity (Wildman–Crippen MR) is 73.4 cm³/mol. The molecule has 1 fully saturated rings.